The minimum absolute atomic E-state index is 0.148. The summed E-state index contributed by atoms with van der Waals surface area (Å²) in [7, 11) is -3.83. The van der Waals surface area contributed by atoms with Crippen molar-refractivity contribution in [1.29, 1.82) is 0 Å². The highest BCUT2D eigenvalue weighted by molar-refractivity contribution is 7.92. The fourth-order valence-corrected chi connectivity index (χ4v) is 4.34. The second kappa shape index (κ2) is 8.96. The number of anilines is 3. The van der Waals surface area contributed by atoms with E-state index in [9.17, 15) is 8.42 Å². The van der Waals surface area contributed by atoms with E-state index in [0.29, 0.717) is 22.8 Å². The van der Waals surface area contributed by atoms with Crippen LogP contribution in [0.1, 0.15) is 37.3 Å². The highest BCUT2D eigenvalue weighted by Crippen LogP contribution is 2.28. The average Bonchev–Trinajstić information content (AvgIpc) is 2.79. The number of nitrogens with one attached hydrogen (secondary N) is 2. The molecule has 0 spiro atoms. The summed E-state index contributed by atoms with van der Waals surface area (Å²) in [6, 6.07) is 22.1. The Labute approximate surface area is 188 Å². The number of fused-ring (bicyclic) bond motifs is 1. The van der Waals surface area contributed by atoms with Crippen LogP contribution in [0.5, 0.6) is 0 Å². The molecule has 1 atom stereocenters. The maximum atomic E-state index is 13.0. The van der Waals surface area contributed by atoms with Gasteiger partial charge in [-0.15, -0.1) is 0 Å². The van der Waals surface area contributed by atoms with Crippen molar-refractivity contribution >= 4 is 38.4 Å². The van der Waals surface area contributed by atoms with Gasteiger partial charge >= 0.3 is 0 Å². The van der Waals surface area contributed by atoms with E-state index in [1.165, 1.54) is 5.56 Å². The molecule has 32 heavy (non-hydrogen) atoms. The third kappa shape index (κ3) is 4.73. The first-order chi connectivity index (χ1) is 15.4. The molecule has 0 saturated heterocycles. The quantitative estimate of drug-likeness (QED) is 0.364. The Morgan fingerprint density at radius 1 is 0.844 bits per heavy atom. The number of para-hydroxylation sites is 2. The summed E-state index contributed by atoms with van der Waals surface area (Å²) in [4.78, 5) is 9.35. The number of nitrogens with zero attached hydrogens (tertiary/aromatic N) is 2. The van der Waals surface area contributed by atoms with Gasteiger partial charge in [0.1, 0.15) is 0 Å². The molecule has 0 radical (unpaired) electrons. The Morgan fingerprint density at radius 2 is 1.44 bits per heavy atom. The van der Waals surface area contributed by atoms with Gasteiger partial charge < -0.3 is 5.32 Å². The van der Waals surface area contributed by atoms with Gasteiger partial charge in [0.05, 0.1) is 15.9 Å². The van der Waals surface area contributed by atoms with Crippen LogP contribution in [0.15, 0.2) is 77.7 Å². The summed E-state index contributed by atoms with van der Waals surface area (Å²) < 4.78 is 28.6. The van der Waals surface area contributed by atoms with Gasteiger partial charge in [0.15, 0.2) is 11.6 Å². The van der Waals surface area contributed by atoms with Gasteiger partial charge in [-0.3, -0.25) is 4.72 Å². The number of aryl methyl sites for hydroxylation is 1. The Morgan fingerprint density at radius 3 is 2.03 bits per heavy atom. The summed E-state index contributed by atoms with van der Waals surface area (Å²) >= 11 is 0. The minimum Gasteiger partial charge on any atom is -0.337 e. The summed E-state index contributed by atoms with van der Waals surface area (Å²) in [6.07, 6.45) is 1.06. The van der Waals surface area contributed by atoms with E-state index in [4.69, 9.17) is 0 Å². The molecule has 3 aromatic carbocycles. The summed E-state index contributed by atoms with van der Waals surface area (Å²) in [5.74, 6) is 0.965. The van der Waals surface area contributed by atoms with Crippen LogP contribution in [-0.4, -0.2) is 18.4 Å². The minimum atomic E-state index is -3.83. The normalized spacial score (nSPS) is 12.5. The van der Waals surface area contributed by atoms with Crippen molar-refractivity contribution in [1.82, 2.24) is 9.97 Å². The third-order valence-electron chi connectivity index (χ3n) is 5.49. The lowest BCUT2D eigenvalue weighted by atomic mass is 9.99. The largest absolute Gasteiger partial charge is 0.337 e. The molecular weight excluding hydrogens is 420 g/mol. The van der Waals surface area contributed by atoms with Crippen molar-refractivity contribution in [2.45, 2.75) is 38.0 Å². The zero-order chi connectivity index (χ0) is 22.7. The molecule has 0 bridgehead atoms. The van der Waals surface area contributed by atoms with Gasteiger partial charge in [-0.25, -0.2) is 18.4 Å². The van der Waals surface area contributed by atoms with Crippen LogP contribution in [0.4, 0.5) is 17.3 Å². The second-order valence-corrected chi connectivity index (χ2v) is 9.57. The summed E-state index contributed by atoms with van der Waals surface area (Å²) in [6.45, 7) is 6.26. The van der Waals surface area contributed by atoms with E-state index >= 15 is 0 Å². The smallest absolute Gasteiger partial charge is 0.263 e. The molecule has 2 N–H and O–H groups in total. The van der Waals surface area contributed by atoms with Gasteiger partial charge in [-0.2, -0.15) is 0 Å². The van der Waals surface area contributed by atoms with Crippen molar-refractivity contribution in [2.75, 3.05) is 10.0 Å². The van der Waals surface area contributed by atoms with E-state index in [-0.39, 0.29) is 10.7 Å². The molecular formula is C25H26N4O2S. The van der Waals surface area contributed by atoms with Crippen LogP contribution in [0.2, 0.25) is 0 Å². The van der Waals surface area contributed by atoms with Crippen molar-refractivity contribution in [3.63, 3.8) is 0 Å². The van der Waals surface area contributed by atoms with Crippen LogP contribution in [-0.2, 0) is 10.0 Å². The Kier molecular flexibility index (Phi) is 6.10. The molecule has 0 fully saturated rings. The number of sulfonamides is 1. The lowest BCUT2D eigenvalue weighted by molar-refractivity contribution is 0.601. The molecule has 1 aromatic heterocycles. The highest BCUT2D eigenvalue weighted by Gasteiger charge is 2.19. The third-order valence-corrected chi connectivity index (χ3v) is 6.84. The first kappa shape index (κ1) is 21.8. The lowest BCUT2D eigenvalue weighted by Crippen LogP contribution is -2.16. The van der Waals surface area contributed by atoms with E-state index in [1.807, 2.05) is 37.3 Å². The molecule has 6 nitrogen and oxygen atoms in total. The molecule has 0 aliphatic carbocycles. The van der Waals surface area contributed by atoms with E-state index < -0.39 is 10.0 Å². The van der Waals surface area contributed by atoms with Crippen molar-refractivity contribution in [3.05, 3.63) is 83.9 Å². The zero-order valence-corrected chi connectivity index (χ0v) is 19.1. The number of benzene rings is 3. The average molecular weight is 447 g/mol. The maximum Gasteiger partial charge on any atom is 0.263 e. The Bertz CT molecular complexity index is 1340. The number of aromatic nitrogens is 2. The predicted octanol–water partition coefficient (Wildman–Crippen LogP) is 6.00. The van der Waals surface area contributed by atoms with E-state index in [0.717, 1.165) is 17.7 Å². The fraction of sp³-hybridized carbons (Fsp3) is 0.200. The van der Waals surface area contributed by atoms with Crippen LogP contribution in [0.25, 0.3) is 11.0 Å². The fourth-order valence-electron chi connectivity index (χ4n) is 3.33. The van der Waals surface area contributed by atoms with E-state index in [2.05, 4.69) is 46.0 Å². The van der Waals surface area contributed by atoms with Gasteiger partial charge in [0, 0.05) is 5.69 Å². The number of hydrogen-bond donors (Lipinski definition) is 2. The Balaban J connectivity index is 1.71. The molecule has 4 aromatic rings. The molecule has 0 aliphatic rings. The molecule has 1 heterocycles. The zero-order valence-electron chi connectivity index (χ0n) is 18.3. The molecule has 0 saturated carbocycles. The van der Waals surface area contributed by atoms with Crippen LogP contribution in [0, 0.1) is 6.92 Å². The summed E-state index contributed by atoms with van der Waals surface area (Å²) in [5, 5.41) is 3.23. The van der Waals surface area contributed by atoms with Gasteiger partial charge in [0.2, 0.25) is 0 Å². The number of rotatable bonds is 7. The molecule has 4 rings (SSSR count). The van der Waals surface area contributed by atoms with Gasteiger partial charge in [0.25, 0.3) is 10.0 Å². The first-order valence-electron chi connectivity index (χ1n) is 10.6. The van der Waals surface area contributed by atoms with E-state index in [1.54, 1.807) is 30.3 Å². The van der Waals surface area contributed by atoms with Crippen LogP contribution in [0.3, 0.4) is 0 Å². The van der Waals surface area contributed by atoms with Crippen LogP contribution < -0.4 is 10.0 Å². The number of hydrogen-bond acceptors (Lipinski definition) is 5. The first-order valence-corrected chi connectivity index (χ1v) is 12.1. The molecule has 1 unspecified atom stereocenters. The van der Waals surface area contributed by atoms with Gasteiger partial charge in [-0.05, 0) is 61.2 Å². The maximum absolute atomic E-state index is 13.0. The SMILES string of the molecule is CCC(C)c1ccc(Nc2nc3ccccc3nc2NS(=O)(=O)c2ccc(C)cc2)cc1. The second-order valence-electron chi connectivity index (χ2n) is 7.88. The standard InChI is InChI=1S/C25H26N4O2S/c1-4-18(3)19-11-13-20(14-12-19)26-24-25(28-23-8-6-5-7-22(23)27-24)29-32(30,31)21-15-9-17(2)10-16-21/h5-16,18H,4H2,1-3H3,(H,26,27)(H,28,29). The Hall–Kier alpha value is -3.45. The molecule has 0 amide bonds. The van der Waals surface area contributed by atoms with Crippen LogP contribution >= 0.6 is 0 Å². The predicted molar refractivity (Wildman–Crippen MR) is 130 cm³/mol. The topological polar surface area (TPSA) is 84.0 Å². The lowest BCUT2D eigenvalue weighted by Gasteiger charge is -2.15. The molecule has 164 valence electrons. The van der Waals surface area contributed by atoms with Crippen molar-refractivity contribution < 1.29 is 8.42 Å². The molecule has 0 aliphatic heterocycles. The highest BCUT2D eigenvalue weighted by atomic mass is 32.2. The summed E-state index contributed by atoms with van der Waals surface area (Å²) in [5.41, 5.74) is 4.31. The van der Waals surface area contributed by atoms with Crippen molar-refractivity contribution in [3.8, 4) is 0 Å². The van der Waals surface area contributed by atoms with Gasteiger partial charge in [-0.1, -0.05) is 55.8 Å². The monoisotopic (exact) mass is 446 g/mol. The van der Waals surface area contributed by atoms with Crippen molar-refractivity contribution in [2.24, 2.45) is 0 Å². The molecule has 7 heteroatoms.